The van der Waals surface area contributed by atoms with E-state index >= 15 is 0 Å². The minimum atomic E-state index is -0.0475. The van der Waals surface area contributed by atoms with E-state index in [2.05, 4.69) is 6.92 Å². The molecule has 1 amide bonds. The van der Waals surface area contributed by atoms with Gasteiger partial charge >= 0.3 is 0 Å². The summed E-state index contributed by atoms with van der Waals surface area (Å²) in [7, 11) is 0. The predicted molar refractivity (Wildman–Crippen MR) is 103 cm³/mol. The fraction of sp³-hybridized carbons (Fsp3) is 0.810. The quantitative estimate of drug-likeness (QED) is 0.808. The van der Waals surface area contributed by atoms with Crippen molar-refractivity contribution in [1.82, 2.24) is 14.7 Å². The smallest absolute Gasteiger partial charge is 0.272 e. The van der Waals surface area contributed by atoms with Gasteiger partial charge in [0.15, 0.2) is 0 Å². The van der Waals surface area contributed by atoms with Crippen molar-refractivity contribution in [2.45, 2.75) is 96.7 Å². The van der Waals surface area contributed by atoms with Crippen LogP contribution in [0.4, 0.5) is 0 Å². The van der Waals surface area contributed by atoms with Gasteiger partial charge in [0.1, 0.15) is 5.69 Å². The third kappa shape index (κ3) is 3.79. The number of nitrogens with zero attached hydrogens (tertiary/aromatic N) is 3. The summed E-state index contributed by atoms with van der Waals surface area (Å²) in [6.45, 7) is 8.41. The maximum absolute atomic E-state index is 13.4. The average Bonchev–Trinajstić information content (AvgIpc) is 3.29. The highest BCUT2D eigenvalue weighted by molar-refractivity contribution is 5.94. The molecule has 3 heterocycles. The summed E-state index contributed by atoms with van der Waals surface area (Å²) in [5.41, 5.74) is 2.82. The molecule has 2 aliphatic heterocycles. The molecule has 4 rings (SSSR count). The number of fused-ring (bicyclic) bond motifs is 1. The Morgan fingerprint density at radius 1 is 1.15 bits per heavy atom. The average molecular weight is 376 g/mol. The topological polar surface area (TPSA) is 56.6 Å². The lowest BCUT2D eigenvalue weighted by atomic mass is 9.98. The van der Waals surface area contributed by atoms with Gasteiger partial charge in [-0.1, -0.05) is 12.8 Å². The number of hydrogen-bond acceptors (Lipinski definition) is 4. The number of ether oxygens (including phenoxy) is 2. The lowest BCUT2D eigenvalue weighted by Gasteiger charge is -2.34. The van der Waals surface area contributed by atoms with Crippen LogP contribution in [0.3, 0.4) is 0 Å². The third-order valence-electron chi connectivity index (χ3n) is 6.31. The second kappa shape index (κ2) is 7.92. The summed E-state index contributed by atoms with van der Waals surface area (Å²) >= 11 is 0. The molecule has 0 N–H and O–H groups in total. The number of rotatable bonds is 4. The molecule has 1 aromatic heterocycles. The molecule has 0 unspecified atom stereocenters. The van der Waals surface area contributed by atoms with Crippen molar-refractivity contribution in [2.75, 3.05) is 13.1 Å². The summed E-state index contributed by atoms with van der Waals surface area (Å²) in [6, 6.07) is 0. The van der Waals surface area contributed by atoms with E-state index in [1.807, 2.05) is 23.4 Å². The van der Waals surface area contributed by atoms with E-state index in [0.29, 0.717) is 18.8 Å². The highest BCUT2D eigenvalue weighted by atomic mass is 16.5. The molecule has 1 aromatic rings. The van der Waals surface area contributed by atoms with Crippen molar-refractivity contribution < 1.29 is 14.3 Å². The van der Waals surface area contributed by atoms with Gasteiger partial charge in [0.05, 0.1) is 30.1 Å². The SMILES string of the molecule is CCn1nc2c(c1C(=O)N1CCC(OC3CCCC3)CC1)C[C@H](C)O[C@@H]2C. The molecule has 6 heteroatoms. The first-order valence-corrected chi connectivity index (χ1v) is 10.8. The van der Waals surface area contributed by atoms with Crippen LogP contribution in [0.5, 0.6) is 0 Å². The van der Waals surface area contributed by atoms with E-state index in [1.54, 1.807) is 0 Å². The molecule has 0 bridgehead atoms. The molecular formula is C21H33N3O3. The zero-order valence-electron chi connectivity index (χ0n) is 16.9. The van der Waals surface area contributed by atoms with Crippen LogP contribution in [-0.2, 0) is 22.4 Å². The highest BCUT2D eigenvalue weighted by Crippen LogP contribution is 2.33. The summed E-state index contributed by atoms with van der Waals surface area (Å²) in [5, 5.41) is 4.70. The maximum atomic E-state index is 13.4. The number of amides is 1. The van der Waals surface area contributed by atoms with Crippen LogP contribution in [0, 0.1) is 0 Å². The Morgan fingerprint density at radius 2 is 1.81 bits per heavy atom. The lowest BCUT2D eigenvalue weighted by molar-refractivity contribution is -0.0359. The van der Waals surface area contributed by atoms with Crippen molar-refractivity contribution in [2.24, 2.45) is 0 Å². The van der Waals surface area contributed by atoms with Crippen LogP contribution in [0.1, 0.15) is 87.1 Å². The summed E-state index contributed by atoms with van der Waals surface area (Å²) in [5.74, 6) is 0.131. The number of carbonyl (C=O) groups excluding carboxylic acids is 1. The maximum Gasteiger partial charge on any atom is 0.272 e. The Labute approximate surface area is 162 Å². The van der Waals surface area contributed by atoms with Crippen molar-refractivity contribution in [3.8, 4) is 0 Å². The molecule has 150 valence electrons. The summed E-state index contributed by atoms with van der Waals surface area (Å²) in [4.78, 5) is 15.4. The molecule has 0 radical (unpaired) electrons. The Balaban J connectivity index is 1.45. The number of carbonyl (C=O) groups is 1. The van der Waals surface area contributed by atoms with Gasteiger partial charge in [-0.05, 0) is 46.5 Å². The molecule has 1 saturated carbocycles. The van der Waals surface area contributed by atoms with Crippen LogP contribution in [0.2, 0.25) is 0 Å². The molecule has 6 nitrogen and oxygen atoms in total. The van der Waals surface area contributed by atoms with Crippen LogP contribution in [0.15, 0.2) is 0 Å². The number of aryl methyl sites for hydroxylation is 1. The first kappa shape index (κ1) is 18.9. The molecule has 1 saturated heterocycles. The number of piperidine rings is 1. The van der Waals surface area contributed by atoms with Crippen LogP contribution in [0.25, 0.3) is 0 Å². The molecule has 2 fully saturated rings. The second-order valence-corrected chi connectivity index (χ2v) is 8.36. The largest absolute Gasteiger partial charge is 0.375 e. The Bertz CT molecular complexity index is 672. The number of hydrogen-bond donors (Lipinski definition) is 0. The van der Waals surface area contributed by atoms with Gasteiger partial charge in [0.2, 0.25) is 0 Å². The zero-order valence-corrected chi connectivity index (χ0v) is 16.9. The molecule has 27 heavy (non-hydrogen) atoms. The first-order chi connectivity index (χ1) is 13.1. The van der Waals surface area contributed by atoms with Crippen molar-refractivity contribution in [1.29, 1.82) is 0 Å². The summed E-state index contributed by atoms with van der Waals surface area (Å²) < 4.78 is 14.1. The molecule has 0 spiro atoms. The molecule has 3 aliphatic rings. The zero-order chi connectivity index (χ0) is 19.0. The van der Waals surface area contributed by atoms with Gasteiger partial charge in [0, 0.05) is 31.6 Å². The van der Waals surface area contributed by atoms with Gasteiger partial charge in [-0.3, -0.25) is 9.48 Å². The predicted octanol–water partition coefficient (Wildman–Crippen LogP) is 3.49. The Hall–Kier alpha value is -1.40. The summed E-state index contributed by atoms with van der Waals surface area (Å²) in [6.07, 6.45) is 8.52. The minimum absolute atomic E-state index is 0.0475. The Kier molecular flexibility index (Phi) is 5.55. The minimum Gasteiger partial charge on any atom is -0.375 e. The molecule has 0 aromatic carbocycles. The van der Waals surface area contributed by atoms with Crippen molar-refractivity contribution in [3.63, 3.8) is 0 Å². The van der Waals surface area contributed by atoms with E-state index in [4.69, 9.17) is 14.6 Å². The standard InChI is InChI=1S/C21H33N3O3/c1-4-24-20(18-13-14(2)26-15(3)19(18)22-24)21(25)23-11-9-17(10-12-23)27-16-7-5-6-8-16/h14-17H,4-13H2,1-3H3/t14-,15+/m0/s1. The second-order valence-electron chi connectivity index (χ2n) is 8.36. The molecule has 1 aliphatic carbocycles. The third-order valence-corrected chi connectivity index (χ3v) is 6.31. The van der Waals surface area contributed by atoms with E-state index in [1.165, 1.54) is 25.7 Å². The van der Waals surface area contributed by atoms with Gasteiger partial charge in [-0.15, -0.1) is 0 Å². The highest BCUT2D eigenvalue weighted by Gasteiger charge is 2.35. The van der Waals surface area contributed by atoms with Crippen LogP contribution < -0.4 is 0 Å². The number of likely N-dealkylation sites (tertiary alicyclic amines) is 1. The van der Waals surface area contributed by atoms with Gasteiger partial charge in [0.25, 0.3) is 5.91 Å². The number of aromatic nitrogens is 2. The fourth-order valence-electron chi connectivity index (χ4n) is 4.90. The molecule has 2 atom stereocenters. The van der Waals surface area contributed by atoms with Gasteiger partial charge < -0.3 is 14.4 Å². The van der Waals surface area contributed by atoms with Crippen molar-refractivity contribution in [3.05, 3.63) is 17.0 Å². The van der Waals surface area contributed by atoms with E-state index < -0.39 is 0 Å². The van der Waals surface area contributed by atoms with E-state index in [0.717, 1.165) is 49.3 Å². The van der Waals surface area contributed by atoms with Gasteiger partial charge in [-0.2, -0.15) is 5.10 Å². The fourth-order valence-corrected chi connectivity index (χ4v) is 4.90. The van der Waals surface area contributed by atoms with Crippen LogP contribution in [-0.4, -0.2) is 52.0 Å². The van der Waals surface area contributed by atoms with E-state index in [9.17, 15) is 4.79 Å². The van der Waals surface area contributed by atoms with E-state index in [-0.39, 0.29) is 18.1 Å². The monoisotopic (exact) mass is 375 g/mol. The lowest BCUT2D eigenvalue weighted by Crippen LogP contribution is -2.42. The Morgan fingerprint density at radius 3 is 2.48 bits per heavy atom. The first-order valence-electron chi connectivity index (χ1n) is 10.8. The normalized spacial score (nSPS) is 27.1. The van der Waals surface area contributed by atoms with Crippen molar-refractivity contribution >= 4 is 5.91 Å². The van der Waals surface area contributed by atoms with Crippen LogP contribution >= 0.6 is 0 Å². The molecular weight excluding hydrogens is 342 g/mol. The van der Waals surface area contributed by atoms with Gasteiger partial charge in [-0.25, -0.2) is 0 Å².